The molecule has 6 heteroatoms. The average Bonchev–Trinajstić information content (AvgIpc) is 2.38. The Morgan fingerprint density at radius 2 is 2.05 bits per heavy atom. The molecule has 21 heavy (non-hydrogen) atoms. The Kier molecular flexibility index (Phi) is 5.81. The molecule has 1 aromatic rings. The number of ether oxygens (including phenoxy) is 1. The highest BCUT2D eigenvalue weighted by Gasteiger charge is 2.31. The van der Waals surface area contributed by atoms with Gasteiger partial charge < -0.3 is 9.64 Å². The van der Waals surface area contributed by atoms with E-state index in [1.54, 1.807) is 20.8 Å². The summed E-state index contributed by atoms with van der Waals surface area (Å²) in [6.45, 7) is 5.64. The number of halogens is 3. The highest BCUT2D eigenvalue weighted by molar-refractivity contribution is 6.01. The number of hydrogen-bond acceptors (Lipinski definition) is 2. The SMILES string of the molecule is CCOC=CC(=O)N(c1cccc(C(F)(F)F)c1)C(C)C. The Balaban J connectivity index is 3.09. The highest BCUT2D eigenvalue weighted by atomic mass is 19.4. The summed E-state index contributed by atoms with van der Waals surface area (Å²) in [5, 5.41) is 0. The fraction of sp³-hybridized carbons (Fsp3) is 0.400. The summed E-state index contributed by atoms with van der Waals surface area (Å²) >= 11 is 0. The molecule has 0 spiro atoms. The number of carbonyl (C=O) groups is 1. The molecule has 0 radical (unpaired) electrons. The van der Waals surface area contributed by atoms with Gasteiger partial charge in [-0.2, -0.15) is 13.2 Å². The highest BCUT2D eigenvalue weighted by Crippen LogP contribution is 2.32. The lowest BCUT2D eigenvalue weighted by molar-refractivity contribution is -0.137. The van der Waals surface area contributed by atoms with Crippen molar-refractivity contribution in [2.45, 2.75) is 33.0 Å². The molecule has 0 fully saturated rings. The molecular weight excluding hydrogens is 283 g/mol. The van der Waals surface area contributed by atoms with Crippen molar-refractivity contribution >= 4 is 11.6 Å². The lowest BCUT2D eigenvalue weighted by Crippen LogP contribution is -2.36. The van der Waals surface area contributed by atoms with E-state index in [-0.39, 0.29) is 11.7 Å². The van der Waals surface area contributed by atoms with E-state index < -0.39 is 17.6 Å². The number of rotatable bonds is 5. The third-order valence-corrected chi connectivity index (χ3v) is 2.68. The fourth-order valence-corrected chi connectivity index (χ4v) is 1.79. The molecule has 0 aromatic heterocycles. The zero-order chi connectivity index (χ0) is 16.0. The van der Waals surface area contributed by atoms with Crippen LogP contribution in [0.5, 0.6) is 0 Å². The van der Waals surface area contributed by atoms with Crippen LogP contribution in [0.25, 0.3) is 0 Å². The Morgan fingerprint density at radius 1 is 1.38 bits per heavy atom. The number of carbonyl (C=O) groups excluding carboxylic acids is 1. The molecule has 0 bridgehead atoms. The Morgan fingerprint density at radius 3 is 2.57 bits per heavy atom. The average molecular weight is 301 g/mol. The van der Waals surface area contributed by atoms with Gasteiger partial charge in [0, 0.05) is 17.8 Å². The van der Waals surface area contributed by atoms with Crippen molar-refractivity contribution in [3.63, 3.8) is 0 Å². The first kappa shape index (κ1) is 17.1. The van der Waals surface area contributed by atoms with E-state index in [1.165, 1.54) is 29.4 Å². The Hall–Kier alpha value is -1.98. The van der Waals surface area contributed by atoms with Gasteiger partial charge in [0.15, 0.2) is 0 Å². The molecule has 0 saturated carbocycles. The number of hydrogen-bond donors (Lipinski definition) is 0. The summed E-state index contributed by atoms with van der Waals surface area (Å²) in [5.74, 6) is -0.433. The third kappa shape index (κ3) is 4.81. The first-order valence-corrected chi connectivity index (χ1v) is 6.56. The van der Waals surface area contributed by atoms with Crippen molar-refractivity contribution in [2.24, 2.45) is 0 Å². The van der Waals surface area contributed by atoms with E-state index in [1.807, 2.05) is 0 Å². The molecule has 116 valence electrons. The minimum atomic E-state index is -4.44. The van der Waals surface area contributed by atoms with E-state index in [9.17, 15) is 18.0 Å². The first-order chi connectivity index (χ1) is 9.77. The number of amides is 1. The van der Waals surface area contributed by atoms with Crippen molar-refractivity contribution in [1.82, 2.24) is 0 Å². The number of anilines is 1. The van der Waals surface area contributed by atoms with Crippen molar-refractivity contribution in [3.05, 3.63) is 42.2 Å². The van der Waals surface area contributed by atoms with Gasteiger partial charge in [0.1, 0.15) is 0 Å². The van der Waals surface area contributed by atoms with Crippen molar-refractivity contribution in [3.8, 4) is 0 Å². The van der Waals surface area contributed by atoms with E-state index in [0.717, 1.165) is 12.1 Å². The van der Waals surface area contributed by atoms with Crippen LogP contribution in [-0.2, 0) is 15.7 Å². The van der Waals surface area contributed by atoms with Crippen molar-refractivity contribution in [2.75, 3.05) is 11.5 Å². The summed E-state index contributed by atoms with van der Waals surface area (Å²) in [5.41, 5.74) is -0.585. The maximum Gasteiger partial charge on any atom is 0.416 e. The number of benzene rings is 1. The van der Waals surface area contributed by atoms with Gasteiger partial charge in [-0.05, 0) is 39.0 Å². The summed E-state index contributed by atoms with van der Waals surface area (Å²) < 4.78 is 43.2. The molecule has 1 rings (SSSR count). The third-order valence-electron chi connectivity index (χ3n) is 2.68. The number of alkyl halides is 3. The smallest absolute Gasteiger partial charge is 0.416 e. The largest absolute Gasteiger partial charge is 0.501 e. The van der Waals surface area contributed by atoms with Crippen LogP contribution in [0.2, 0.25) is 0 Å². The van der Waals surface area contributed by atoms with Crippen molar-refractivity contribution < 1.29 is 22.7 Å². The molecule has 0 atom stereocenters. The summed E-state index contributed by atoms with van der Waals surface area (Å²) in [7, 11) is 0. The lowest BCUT2D eigenvalue weighted by Gasteiger charge is -2.26. The van der Waals surface area contributed by atoms with Crippen molar-refractivity contribution in [1.29, 1.82) is 0 Å². The first-order valence-electron chi connectivity index (χ1n) is 6.56. The van der Waals surface area contributed by atoms with E-state index in [0.29, 0.717) is 6.61 Å². The van der Waals surface area contributed by atoms with Gasteiger partial charge in [-0.15, -0.1) is 0 Å². The topological polar surface area (TPSA) is 29.5 Å². The van der Waals surface area contributed by atoms with Gasteiger partial charge >= 0.3 is 6.18 Å². The molecule has 0 aliphatic rings. The van der Waals surface area contributed by atoms with Crippen LogP contribution in [0.15, 0.2) is 36.6 Å². The summed E-state index contributed by atoms with van der Waals surface area (Å²) in [6.07, 6.45) is -2.00. The van der Waals surface area contributed by atoms with Crippen LogP contribution >= 0.6 is 0 Å². The Bertz CT molecular complexity index is 510. The quantitative estimate of drug-likeness (QED) is 0.608. The molecular formula is C15H18F3NO2. The van der Waals surface area contributed by atoms with Crippen LogP contribution in [0.4, 0.5) is 18.9 Å². The van der Waals surface area contributed by atoms with E-state index in [2.05, 4.69) is 0 Å². The molecule has 1 amide bonds. The second-order valence-corrected chi connectivity index (χ2v) is 4.61. The maximum atomic E-state index is 12.7. The second-order valence-electron chi connectivity index (χ2n) is 4.61. The Labute approximate surface area is 122 Å². The van der Waals surface area contributed by atoms with Crippen LogP contribution < -0.4 is 4.90 Å². The molecule has 0 heterocycles. The van der Waals surface area contributed by atoms with E-state index >= 15 is 0 Å². The van der Waals surface area contributed by atoms with Gasteiger partial charge in [0.25, 0.3) is 5.91 Å². The van der Waals surface area contributed by atoms with Gasteiger partial charge in [-0.1, -0.05) is 6.07 Å². The molecule has 0 unspecified atom stereocenters. The zero-order valence-corrected chi connectivity index (χ0v) is 12.1. The summed E-state index contributed by atoms with van der Waals surface area (Å²) in [6, 6.07) is 4.41. The van der Waals surface area contributed by atoms with Crippen LogP contribution in [0, 0.1) is 0 Å². The maximum absolute atomic E-state index is 12.7. The van der Waals surface area contributed by atoms with Crippen LogP contribution in [-0.4, -0.2) is 18.6 Å². The molecule has 0 aliphatic heterocycles. The normalized spacial score (nSPS) is 12.0. The van der Waals surface area contributed by atoms with Gasteiger partial charge in [0.05, 0.1) is 18.4 Å². The van der Waals surface area contributed by atoms with Gasteiger partial charge in [0.2, 0.25) is 0 Å². The second kappa shape index (κ2) is 7.15. The minimum Gasteiger partial charge on any atom is -0.501 e. The fourth-order valence-electron chi connectivity index (χ4n) is 1.79. The summed E-state index contributed by atoms with van der Waals surface area (Å²) in [4.78, 5) is 13.4. The number of nitrogens with zero attached hydrogens (tertiary/aromatic N) is 1. The van der Waals surface area contributed by atoms with E-state index in [4.69, 9.17) is 4.74 Å². The zero-order valence-electron chi connectivity index (χ0n) is 12.1. The van der Waals surface area contributed by atoms with Crippen LogP contribution in [0.3, 0.4) is 0 Å². The minimum absolute atomic E-state index is 0.200. The monoisotopic (exact) mass is 301 g/mol. The van der Waals surface area contributed by atoms with Gasteiger partial charge in [-0.3, -0.25) is 4.79 Å². The van der Waals surface area contributed by atoms with Gasteiger partial charge in [-0.25, -0.2) is 0 Å². The molecule has 1 aromatic carbocycles. The molecule has 3 nitrogen and oxygen atoms in total. The lowest BCUT2D eigenvalue weighted by atomic mass is 10.1. The van der Waals surface area contributed by atoms with Crippen LogP contribution in [0.1, 0.15) is 26.3 Å². The molecule has 0 saturated heterocycles. The molecule has 0 aliphatic carbocycles. The predicted octanol–water partition coefficient (Wildman–Crippen LogP) is 4.00. The predicted molar refractivity (Wildman–Crippen MR) is 74.8 cm³/mol. The standard InChI is InChI=1S/C15H18F3NO2/c1-4-21-9-8-14(20)19(11(2)3)13-7-5-6-12(10-13)15(16,17)18/h5-11H,4H2,1-3H3. The molecule has 0 N–H and O–H groups in total.